The molecule has 14 heavy (non-hydrogen) atoms. The highest BCUT2D eigenvalue weighted by molar-refractivity contribution is 5.83. The second-order valence-electron chi connectivity index (χ2n) is 3.90. The van der Waals surface area contributed by atoms with Crippen molar-refractivity contribution >= 4 is 5.91 Å². The van der Waals surface area contributed by atoms with Gasteiger partial charge in [-0.05, 0) is 12.8 Å². The van der Waals surface area contributed by atoms with Crippen LogP contribution in [-0.4, -0.2) is 31.7 Å². The molecule has 0 spiro atoms. The summed E-state index contributed by atoms with van der Waals surface area (Å²) < 4.78 is 5.00. The lowest BCUT2D eigenvalue weighted by atomic mass is 9.81. The van der Waals surface area contributed by atoms with E-state index in [9.17, 15) is 4.79 Å². The quantitative estimate of drug-likeness (QED) is 0.669. The summed E-state index contributed by atoms with van der Waals surface area (Å²) in [5.74, 6) is 0.0818. The van der Waals surface area contributed by atoms with Crippen molar-refractivity contribution in [3.05, 3.63) is 0 Å². The Kier molecular flexibility index (Phi) is 3.89. The van der Waals surface area contributed by atoms with Gasteiger partial charge in [-0.15, -0.1) is 0 Å². The van der Waals surface area contributed by atoms with Gasteiger partial charge >= 0.3 is 0 Å². The number of nitrogens with two attached hydrogens (primary N) is 1. The standard InChI is InChI=1S/C10H20N2O2/c1-3-10(4-2,7-11)9(13)12-8-5-14-6-8/h8H,3-7,11H2,1-2H3,(H,12,13). The van der Waals surface area contributed by atoms with Crippen LogP contribution in [0.5, 0.6) is 0 Å². The topological polar surface area (TPSA) is 64.4 Å². The molecule has 0 aromatic heterocycles. The van der Waals surface area contributed by atoms with Gasteiger partial charge < -0.3 is 15.8 Å². The molecule has 1 aliphatic rings. The first-order valence-electron chi connectivity index (χ1n) is 5.27. The maximum atomic E-state index is 11.9. The average molecular weight is 200 g/mol. The lowest BCUT2D eigenvalue weighted by molar-refractivity contribution is -0.135. The third-order valence-electron chi connectivity index (χ3n) is 3.20. The lowest BCUT2D eigenvalue weighted by Gasteiger charge is -2.34. The molecule has 1 rings (SSSR count). The Balaban J connectivity index is 2.52. The minimum Gasteiger partial charge on any atom is -0.377 e. The van der Waals surface area contributed by atoms with Crippen LogP contribution in [0.3, 0.4) is 0 Å². The molecule has 4 heteroatoms. The van der Waals surface area contributed by atoms with Gasteiger partial charge in [-0.3, -0.25) is 4.79 Å². The summed E-state index contributed by atoms with van der Waals surface area (Å²) in [6, 6.07) is 0.200. The summed E-state index contributed by atoms with van der Waals surface area (Å²) in [5, 5.41) is 2.97. The summed E-state index contributed by atoms with van der Waals surface area (Å²) in [5.41, 5.74) is 5.29. The van der Waals surface area contributed by atoms with Gasteiger partial charge in [0.25, 0.3) is 0 Å². The number of hydrogen-bond acceptors (Lipinski definition) is 3. The minimum atomic E-state index is -0.379. The van der Waals surface area contributed by atoms with Crippen LogP contribution < -0.4 is 11.1 Å². The third kappa shape index (κ3) is 2.07. The second-order valence-corrected chi connectivity index (χ2v) is 3.90. The number of amides is 1. The van der Waals surface area contributed by atoms with Crippen molar-refractivity contribution in [2.45, 2.75) is 32.7 Å². The van der Waals surface area contributed by atoms with Crippen molar-refractivity contribution in [2.24, 2.45) is 11.1 Å². The zero-order chi connectivity index (χ0) is 10.6. The summed E-state index contributed by atoms with van der Waals surface area (Å²) in [6.45, 7) is 5.71. The van der Waals surface area contributed by atoms with Crippen molar-refractivity contribution in [3.8, 4) is 0 Å². The van der Waals surface area contributed by atoms with Crippen LogP contribution in [0, 0.1) is 5.41 Å². The third-order valence-corrected chi connectivity index (χ3v) is 3.20. The summed E-state index contributed by atoms with van der Waals surface area (Å²) in [6.07, 6.45) is 1.58. The predicted octanol–water partition coefficient (Wildman–Crippen LogP) is 0.267. The van der Waals surface area contributed by atoms with E-state index in [4.69, 9.17) is 10.5 Å². The van der Waals surface area contributed by atoms with E-state index in [0.29, 0.717) is 19.8 Å². The van der Waals surface area contributed by atoms with E-state index >= 15 is 0 Å². The summed E-state index contributed by atoms with van der Waals surface area (Å²) in [7, 11) is 0. The van der Waals surface area contributed by atoms with Gasteiger partial charge in [0.15, 0.2) is 0 Å². The van der Waals surface area contributed by atoms with Gasteiger partial charge in [-0.1, -0.05) is 13.8 Å². The molecule has 0 atom stereocenters. The molecule has 0 aromatic rings. The molecule has 0 radical (unpaired) electrons. The molecule has 0 bridgehead atoms. The van der Waals surface area contributed by atoms with E-state index in [1.807, 2.05) is 13.8 Å². The number of ether oxygens (including phenoxy) is 1. The first-order chi connectivity index (χ1) is 6.68. The Bertz CT molecular complexity index is 190. The Morgan fingerprint density at radius 1 is 1.50 bits per heavy atom. The van der Waals surface area contributed by atoms with Crippen LogP contribution in [0.1, 0.15) is 26.7 Å². The summed E-state index contributed by atoms with van der Waals surface area (Å²) >= 11 is 0. The maximum absolute atomic E-state index is 11.9. The zero-order valence-corrected chi connectivity index (χ0v) is 9.01. The Hall–Kier alpha value is -0.610. The number of rotatable bonds is 5. The normalized spacial score (nSPS) is 17.6. The first-order valence-corrected chi connectivity index (χ1v) is 5.27. The van der Waals surface area contributed by atoms with Crippen molar-refractivity contribution in [2.75, 3.05) is 19.8 Å². The van der Waals surface area contributed by atoms with E-state index in [-0.39, 0.29) is 17.4 Å². The molecule has 1 amide bonds. The average Bonchev–Trinajstić information content (AvgIpc) is 2.15. The smallest absolute Gasteiger partial charge is 0.227 e. The molecular weight excluding hydrogens is 180 g/mol. The van der Waals surface area contributed by atoms with Crippen molar-refractivity contribution in [1.82, 2.24) is 5.32 Å². The monoisotopic (exact) mass is 200 g/mol. The van der Waals surface area contributed by atoms with Gasteiger partial charge in [0.2, 0.25) is 5.91 Å². The number of hydrogen-bond donors (Lipinski definition) is 2. The van der Waals surface area contributed by atoms with Crippen LogP contribution in [0.25, 0.3) is 0 Å². The van der Waals surface area contributed by atoms with Crippen LogP contribution in [0.15, 0.2) is 0 Å². The Morgan fingerprint density at radius 3 is 2.36 bits per heavy atom. The van der Waals surface area contributed by atoms with Gasteiger partial charge in [-0.2, -0.15) is 0 Å². The fraction of sp³-hybridized carbons (Fsp3) is 0.900. The molecule has 0 aromatic carbocycles. The van der Waals surface area contributed by atoms with Crippen molar-refractivity contribution < 1.29 is 9.53 Å². The lowest BCUT2D eigenvalue weighted by Crippen LogP contribution is -2.55. The van der Waals surface area contributed by atoms with Crippen LogP contribution in [0.4, 0.5) is 0 Å². The maximum Gasteiger partial charge on any atom is 0.227 e. The van der Waals surface area contributed by atoms with E-state index in [0.717, 1.165) is 12.8 Å². The van der Waals surface area contributed by atoms with E-state index in [1.54, 1.807) is 0 Å². The second kappa shape index (κ2) is 4.75. The van der Waals surface area contributed by atoms with Crippen molar-refractivity contribution in [3.63, 3.8) is 0 Å². The highest BCUT2D eigenvalue weighted by atomic mass is 16.5. The fourth-order valence-electron chi connectivity index (χ4n) is 1.61. The molecular formula is C10H20N2O2. The molecule has 0 saturated carbocycles. The number of carbonyl (C=O) groups excluding carboxylic acids is 1. The number of nitrogens with one attached hydrogen (secondary N) is 1. The van der Waals surface area contributed by atoms with Gasteiger partial charge in [0.1, 0.15) is 0 Å². The number of carbonyl (C=O) groups is 1. The predicted molar refractivity (Wildman–Crippen MR) is 54.8 cm³/mol. The fourth-order valence-corrected chi connectivity index (χ4v) is 1.61. The van der Waals surface area contributed by atoms with Crippen molar-refractivity contribution in [1.29, 1.82) is 0 Å². The molecule has 3 N–H and O–H groups in total. The van der Waals surface area contributed by atoms with Gasteiger partial charge in [0.05, 0.1) is 24.7 Å². The molecule has 0 unspecified atom stereocenters. The molecule has 0 aliphatic carbocycles. The van der Waals surface area contributed by atoms with Crippen LogP contribution >= 0.6 is 0 Å². The molecule has 1 heterocycles. The Labute approximate surface area is 85.2 Å². The van der Waals surface area contributed by atoms with Crippen LogP contribution in [0.2, 0.25) is 0 Å². The van der Waals surface area contributed by atoms with E-state index < -0.39 is 0 Å². The highest BCUT2D eigenvalue weighted by Crippen LogP contribution is 2.25. The van der Waals surface area contributed by atoms with Gasteiger partial charge in [0, 0.05) is 6.54 Å². The molecule has 82 valence electrons. The molecule has 1 fully saturated rings. The van der Waals surface area contributed by atoms with Crippen LogP contribution in [-0.2, 0) is 9.53 Å². The SMILES string of the molecule is CCC(CC)(CN)C(=O)NC1COC1. The highest BCUT2D eigenvalue weighted by Gasteiger charge is 2.35. The largest absolute Gasteiger partial charge is 0.377 e. The molecule has 4 nitrogen and oxygen atoms in total. The van der Waals surface area contributed by atoms with E-state index in [2.05, 4.69) is 5.32 Å². The van der Waals surface area contributed by atoms with Gasteiger partial charge in [-0.25, -0.2) is 0 Å². The zero-order valence-electron chi connectivity index (χ0n) is 9.01. The minimum absolute atomic E-state index is 0.0818. The van der Waals surface area contributed by atoms with E-state index in [1.165, 1.54) is 0 Å². The summed E-state index contributed by atoms with van der Waals surface area (Å²) in [4.78, 5) is 11.9. The molecule has 1 aliphatic heterocycles. The first kappa shape index (κ1) is 11.5. The molecule has 1 saturated heterocycles. The Morgan fingerprint density at radius 2 is 2.07 bits per heavy atom.